The number of hydrogen-bond acceptors (Lipinski definition) is 3. The third-order valence-corrected chi connectivity index (χ3v) is 1.75. The number of carbonyl (C=O) groups excluding carboxylic acids is 2. The van der Waals surface area contributed by atoms with Crippen molar-refractivity contribution in [1.82, 2.24) is 4.90 Å². The molecule has 1 amide bonds. The molecular formula is C9H17NO3. The number of methoxy groups -OCH3 is 1. The molecule has 0 aliphatic heterocycles. The molecule has 0 aliphatic rings. The summed E-state index contributed by atoms with van der Waals surface area (Å²) in [7, 11) is 2.80. The molecule has 0 bridgehead atoms. The van der Waals surface area contributed by atoms with Gasteiger partial charge in [0.2, 0.25) is 0 Å². The number of hydrogen-bond donors (Lipinski definition) is 0. The van der Waals surface area contributed by atoms with Crippen molar-refractivity contribution in [3.63, 3.8) is 0 Å². The van der Waals surface area contributed by atoms with E-state index in [0.717, 1.165) is 6.42 Å². The van der Waals surface area contributed by atoms with Crippen LogP contribution < -0.4 is 0 Å². The zero-order valence-electron chi connectivity index (χ0n) is 8.66. The highest BCUT2D eigenvalue weighted by Gasteiger charge is 2.18. The standard InChI is InChI=1S/C9H17NO3/c1-7(2)5-6-10(3)8(11)9(12)13-4/h7H,5-6H2,1-4H3. The first-order valence-corrected chi connectivity index (χ1v) is 4.32. The first kappa shape index (κ1) is 11.9. The van der Waals surface area contributed by atoms with Gasteiger partial charge in [-0.1, -0.05) is 13.8 Å². The van der Waals surface area contributed by atoms with Crippen LogP contribution in [0.5, 0.6) is 0 Å². The van der Waals surface area contributed by atoms with Crippen LogP contribution in [0.1, 0.15) is 20.3 Å². The zero-order valence-corrected chi connectivity index (χ0v) is 8.66. The summed E-state index contributed by atoms with van der Waals surface area (Å²) in [4.78, 5) is 23.3. The van der Waals surface area contributed by atoms with Crippen LogP contribution in [0.25, 0.3) is 0 Å². The van der Waals surface area contributed by atoms with Crippen molar-refractivity contribution in [2.75, 3.05) is 20.7 Å². The third kappa shape index (κ3) is 4.50. The predicted molar refractivity (Wildman–Crippen MR) is 49.1 cm³/mol. The molecule has 0 saturated carbocycles. The van der Waals surface area contributed by atoms with Crippen molar-refractivity contribution in [2.45, 2.75) is 20.3 Å². The molecule has 0 heterocycles. The lowest BCUT2D eigenvalue weighted by Crippen LogP contribution is -2.35. The van der Waals surface area contributed by atoms with Gasteiger partial charge in [0, 0.05) is 13.6 Å². The summed E-state index contributed by atoms with van der Waals surface area (Å²) in [5, 5.41) is 0. The Morgan fingerprint density at radius 3 is 2.31 bits per heavy atom. The summed E-state index contributed by atoms with van der Waals surface area (Å²) in [5.41, 5.74) is 0. The van der Waals surface area contributed by atoms with Gasteiger partial charge in [0.25, 0.3) is 0 Å². The van der Waals surface area contributed by atoms with Gasteiger partial charge < -0.3 is 9.64 Å². The molecule has 0 aromatic rings. The second kappa shape index (κ2) is 5.56. The highest BCUT2D eigenvalue weighted by molar-refractivity contribution is 6.32. The Morgan fingerprint density at radius 1 is 1.38 bits per heavy atom. The Bertz CT molecular complexity index is 189. The van der Waals surface area contributed by atoms with E-state index >= 15 is 0 Å². The van der Waals surface area contributed by atoms with E-state index in [4.69, 9.17) is 0 Å². The molecule has 0 rings (SSSR count). The Hall–Kier alpha value is -1.06. The number of carbonyl (C=O) groups is 2. The fourth-order valence-electron chi connectivity index (χ4n) is 0.797. The van der Waals surface area contributed by atoms with Gasteiger partial charge in [0.05, 0.1) is 7.11 Å². The van der Waals surface area contributed by atoms with Crippen LogP contribution in [0, 0.1) is 5.92 Å². The molecule has 4 nitrogen and oxygen atoms in total. The minimum Gasteiger partial charge on any atom is -0.462 e. The fraction of sp³-hybridized carbons (Fsp3) is 0.778. The monoisotopic (exact) mass is 187 g/mol. The summed E-state index contributed by atoms with van der Waals surface area (Å²) >= 11 is 0. The number of amides is 1. The van der Waals surface area contributed by atoms with E-state index in [9.17, 15) is 9.59 Å². The average Bonchev–Trinajstić information content (AvgIpc) is 2.11. The van der Waals surface area contributed by atoms with Gasteiger partial charge in [-0.15, -0.1) is 0 Å². The van der Waals surface area contributed by atoms with E-state index in [1.54, 1.807) is 7.05 Å². The van der Waals surface area contributed by atoms with Crippen molar-refractivity contribution < 1.29 is 14.3 Å². The van der Waals surface area contributed by atoms with Gasteiger partial charge in [0.15, 0.2) is 0 Å². The fourth-order valence-corrected chi connectivity index (χ4v) is 0.797. The molecule has 0 aromatic heterocycles. The molecule has 13 heavy (non-hydrogen) atoms. The normalized spacial score (nSPS) is 9.92. The maximum Gasteiger partial charge on any atom is 0.396 e. The van der Waals surface area contributed by atoms with Gasteiger partial charge in [-0.25, -0.2) is 4.79 Å². The predicted octanol–water partition coefficient (Wildman–Crippen LogP) is 0.664. The molecule has 0 N–H and O–H groups in total. The van der Waals surface area contributed by atoms with Crippen LogP contribution in [-0.2, 0) is 14.3 Å². The Balaban J connectivity index is 3.89. The van der Waals surface area contributed by atoms with Crippen LogP contribution in [-0.4, -0.2) is 37.5 Å². The summed E-state index contributed by atoms with van der Waals surface area (Å²) in [5.74, 6) is -0.859. The van der Waals surface area contributed by atoms with Gasteiger partial charge in [0.1, 0.15) is 0 Å². The number of esters is 1. The summed E-state index contributed by atoms with van der Waals surface area (Å²) in [6, 6.07) is 0. The number of ether oxygens (including phenoxy) is 1. The quantitative estimate of drug-likeness (QED) is 0.482. The van der Waals surface area contributed by atoms with E-state index in [2.05, 4.69) is 18.6 Å². The smallest absolute Gasteiger partial charge is 0.396 e. The maximum absolute atomic E-state index is 11.1. The van der Waals surface area contributed by atoms with E-state index < -0.39 is 11.9 Å². The van der Waals surface area contributed by atoms with Crippen LogP contribution >= 0.6 is 0 Å². The van der Waals surface area contributed by atoms with Crippen molar-refractivity contribution >= 4 is 11.9 Å². The topological polar surface area (TPSA) is 46.6 Å². The van der Waals surface area contributed by atoms with Crippen LogP contribution in [0.4, 0.5) is 0 Å². The van der Waals surface area contributed by atoms with E-state index in [-0.39, 0.29) is 0 Å². The lowest BCUT2D eigenvalue weighted by molar-refractivity contribution is -0.157. The van der Waals surface area contributed by atoms with Gasteiger partial charge in [-0.2, -0.15) is 0 Å². The van der Waals surface area contributed by atoms with E-state index in [1.165, 1.54) is 12.0 Å². The second-order valence-electron chi connectivity index (χ2n) is 3.40. The molecule has 0 radical (unpaired) electrons. The number of likely N-dealkylation sites (N-methyl/N-ethyl adjacent to an activating group) is 1. The van der Waals surface area contributed by atoms with Crippen LogP contribution in [0.3, 0.4) is 0 Å². The molecule has 76 valence electrons. The molecule has 0 aliphatic carbocycles. The van der Waals surface area contributed by atoms with Crippen molar-refractivity contribution in [3.05, 3.63) is 0 Å². The summed E-state index contributed by atoms with van der Waals surface area (Å²) in [6.07, 6.45) is 0.888. The SMILES string of the molecule is COC(=O)C(=O)N(C)CCC(C)C. The first-order chi connectivity index (χ1) is 5.99. The Labute approximate surface area is 78.9 Å². The van der Waals surface area contributed by atoms with Gasteiger partial charge >= 0.3 is 11.9 Å². The maximum atomic E-state index is 11.1. The minimum absolute atomic E-state index is 0.521. The number of rotatable bonds is 3. The van der Waals surface area contributed by atoms with Crippen LogP contribution in [0.2, 0.25) is 0 Å². The van der Waals surface area contributed by atoms with E-state index in [0.29, 0.717) is 12.5 Å². The molecule has 0 saturated heterocycles. The van der Waals surface area contributed by atoms with Crippen molar-refractivity contribution in [2.24, 2.45) is 5.92 Å². The Kier molecular flexibility index (Phi) is 5.11. The molecule has 0 aromatic carbocycles. The van der Waals surface area contributed by atoms with Crippen LogP contribution in [0.15, 0.2) is 0 Å². The van der Waals surface area contributed by atoms with Crippen molar-refractivity contribution in [3.8, 4) is 0 Å². The molecule has 0 spiro atoms. The number of nitrogens with zero attached hydrogens (tertiary/aromatic N) is 1. The lowest BCUT2D eigenvalue weighted by atomic mass is 10.1. The largest absolute Gasteiger partial charge is 0.462 e. The molecule has 0 fully saturated rings. The van der Waals surface area contributed by atoms with Crippen molar-refractivity contribution in [1.29, 1.82) is 0 Å². The van der Waals surface area contributed by atoms with Gasteiger partial charge in [-0.05, 0) is 12.3 Å². The molecular weight excluding hydrogens is 170 g/mol. The minimum atomic E-state index is -0.800. The highest BCUT2D eigenvalue weighted by Crippen LogP contribution is 2.00. The third-order valence-electron chi connectivity index (χ3n) is 1.75. The zero-order chi connectivity index (χ0) is 10.4. The lowest BCUT2D eigenvalue weighted by Gasteiger charge is -2.16. The average molecular weight is 187 g/mol. The summed E-state index contributed by atoms with van der Waals surface area (Å²) < 4.78 is 4.31. The molecule has 0 atom stereocenters. The second-order valence-corrected chi connectivity index (χ2v) is 3.40. The summed E-state index contributed by atoms with van der Waals surface area (Å²) in [6.45, 7) is 4.72. The van der Waals surface area contributed by atoms with Gasteiger partial charge in [-0.3, -0.25) is 4.79 Å². The molecule has 4 heteroatoms. The highest BCUT2D eigenvalue weighted by atomic mass is 16.5. The first-order valence-electron chi connectivity index (χ1n) is 4.32. The molecule has 0 unspecified atom stereocenters. The Morgan fingerprint density at radius 2 is 1.92 bits per heavy atom. The van der Waals surface area contributed by atoms with E-state index in [1.807, 2.05) is 0 Å².